The molecule has 3 heterocycles. The molecule has 0 saturated carbocycles. The molecule has 0 saturated heterocycles. The summed E-state index contributed by atoms with van der Waals surface area (Å²) in [5.74, 6) is 0. The molecule has 0 aliphatic heterocycles. The molecular weight excluding hydrogens is 460 g/mol. The normalized spacial score (nSPS) is 11.9. The van der Waals surface area contributed by atoms with E-state index in [0.717, 1.165) is 38.6 Å². The molecule has 8 aromatic rings. The highest BCUT2D eigenvalue weighted by Crippen LogP contribution is 2.37. The minimum Gasteiger partial charge on any atom is -0.436 e. The Hall–Kier alpha value is -4.54. The van der Waals surface area contributed by atoms with Gasteiger partial charge in [-0.3, -0.25) is 0 Å². The van der Waals surface area contributed by atoms with Crippen LogP contribution in [0.25, 0.3) is 75.7 Å². The van der Waals surface area contributed by atoms with E-state index in [9.17, 15) is 0 Å². The molecular formula is C32H18N2OS. The molecule has 0 amide bonds. The Balaban J connectivity index is 1.26. The van der Waals surface area contributed by atoms with Gasteiger partial charge in [0, 0.05) is 25.6 Å². The maximum absolute atomic E-state index is 6.04. The number of furan rings is 1. The molecule has 0 fully saturated rings. The Kier molecular flexibility index (Phi) is 4.10. The summed E-state index contributed by atoms with van der Waals surface area (Å²) in [6.07, 6.45) is 0. The zero-order chi connectivity index (χ0) is 23.6. The lowest BCUT2D eigenvalue weighted by molar-refractivity contribution is 0.655. The highest BCUT2D eigenvalue weighted by Gasteiger charge is 2.13. The van der Waals surface area contributed by atoms with Crippen LogP contribution in [0.5, 0.6) is 0 Å². The van der Waals surface area contributed by atoms with Crippen LogP contribution in [0.1, 0.15) is 0 Å². The number of thiophene rings is 1. The minimum absolute atomic E-state index is 0.575. The van der Waals surface area contributed by atoms with Crippen molar-refractivity contribution in [3.63, 3.8) is 0 Å². The Bertz CT molecular complexity index is 2120. The summed E-state index contributed by atoms with van der Waals surface area (Å²) in [5.41, 5.74) is 8.60. The maximum Gasteiger partial charge on any atom is 0.246 e. The zero-order valence-corrected chi connectivity index (χ0v) is 19.9. The molecule has 5 aromatic carbocycles. The summed E-state index contributed by atoms with van der Waals surface area (Å²) in [6, 6.07) is 38.4. The predicted molar refractivity (Wildman–Crippen MR) is 151 cm³/mol. The third kappa shape index (κ3) is 2.98. The summed E-state index contributed by atoms with van der Waals surface area (Å²) in [4.78, 5) is 9.54. The quantitative estimate of drug-likeness (QED) is 0.248. The first-order valence-corrected chi connectivity index (χ1v) is 12.7. The van der Waals surface area contributed by atoms with Gasteiger partial charge in [0.05, 0.1) is 11.0 Å². The van der Waals surface area contributed by atoms with Gasteiger partial charge in [-0.25, -0.2) is 9.97 Å². The highest BCUT2D eigenvalue weighted by atomic mass is 32.1. The zero-order valence-electron chi connectivity index (χ0n) is 19.1. The van der Waals surface area contributed by atoms with Crippen molar-refractivity contribution >= 4 is 64.7 Å². The lowest BCUT2D eigenvalue weighted by atomic mass is 9.97. The van der Waals surface area contributed by atoms with Crippen LogP contribution in [-0.2, 0) is 0 Å². The summed E-state index contributed by atoms with van der Waals surface area (Å²) in [7, 11) is 0. The van der Waals surface area contributed by atoms with E-state index in [2.05, 4.69) is 83.8 Å². The second-order valence-corrected chi connectivity index (χ2v) is 10.2. The van der Waals surface area contributed by atoms with Crippen molar-refractivity contribution < 1.29 is 4.42 Å². The van der Waals surface area contributed by atoms with Crippen molar-refractivity contribution in [2.75, 3.05) is 0 Å². The van der Waals surface area contributed by atoms with Gasteiger partial charge in [0.25, 0.3) is 0 Å². The third-order valence-corrected chi connectivity index (χ3v) is 8.04. The van der Waals surface area contributed by atoms with Crippen molar-refractivity contribution in [2.24, 2.45) is 0 Å². The van der Waals surface area contributed by atoms with Gasteiger partial charge in [0.2, 0.25) is 5.71 Å². The maximum atomic E-state index is 6.04. The molecule has 0 bridgehead atoms. The summed E-state index contributed by atoms with van der Waals surface area (Å²) in [6.45, 7) is 0. The standard InChI is InChI=1S/C32H18N2OS/c1-4-11-29-23(8-1)24-17-22(13-15-30(24)36-29)20-7-5-6-19(16-20)21-12-14-28-25(18-21)31-32(35-28)34-27-10-3-2-9-26(27)33-31/h1-18H. The minimum atomic E-state index is 0.575. The molecule has 4 heteroatoms. The van der Waals surface area contributed by atoms with Gasteiger partial charge in [-0.1, -0.05) is 60.7 Å². The van der Waals surface area contributed by atoms with E-state index in [0.29, 0.717) is 5.71 Å². The number of para-hydroxylation sites is 2. The molecule has 0 N–H and O–H groups in total. The van der Waals surface area contributed by atoms with Crippen molar-refractivity contribution in [3.8, 4) is 22.3 Å². The fraction of sp³-hybridized carbons (Fsp3) is 0. The van der Waals surface area contributed by atoms with Crippen LogP contribution in [-0.4, -0.2) is 9.97 Å². The summed E-state index contributed by atoms with van der Waals surface area (Å²) >= 11 is 1.85. The lowest BCUT2D eigenvalue weighted by Crippen LogP contribution is -1.84. The molecule has 0 aliphatic carbocycles. The van der Waals surface area contributed by atoms with Crippen LogP contribution in [0.4, 0.5) is 0 Å². The number of nitrogens with zero attached hydrogens (tertiary/aromatic N) is 2. The van der Waals surface area contributed by atoms with Gasteiger partial charge in [0.15, 0.2) is 0 Å². The molecule has 0 unspecified atom stereocenters. The number of aromatic nitrogens is 2. The molecule has 0 atom stereocenters. The van der Waals surface area contributed by atoms with Gasteiger partial charge in [-0.2, -0.15) is 0 Å². The number of fused-ring (bicyclic) bond motifs is 7. The Morgan fingerprint density at radius 2 is 1.17 bits per heavy atom. The highest BCUT2D eigenvalue weighted by molar-refractivity contribution is 7.25. The van der Waals surface area contributed by atoms with Crippen LogP contribution in [0, 0.1) is 0 Å². The van der Waals surface area contributed by atoms with Crippen LogP contribution in [0.3, 0.4) is 0 Å². The summed E-state index contributed by atoms with van der Waals surface area (Å²) in [5, 5.41) is 3.62. The van der Waals surface area contributed by atoms with E-state index in [1.54, 1.807) is 0 Å². The fourth-order valence-corrected chi connectivity index (χ4v) is 6.19. The van der Waals surface area contributed by atoms with Gasteiger partial charge >= 0.3 is 0 Å². The van der Waals surface area contributed by atoms with Crippen molar-refractivity contribution in [1.29, 1.82) is 0 Å². The van der Waals surface area contributed by atoms with Gasteiger partial charge in [0.1, 0.15) is 11.1 Å². The molecule has 0 aliphatic rings. The smallest absolute Gasteiger partial charge is 0.246 e. The van der Waals surface area contributed by atoms with Crippen LogP contribution < -0.4 is 0 Å². The molecule has 8 rings (SSSR count). The molecule has 0 spiro atoms. The predicted octanol–water partition coefficient (Wildman–Crippen LogP) is 9.23. The first-order valence-electron chi connectivity index (χ1n) is 11.9. The Labute approximate surface area is 210 Å². The third-order valence-electron chi connectivity index (χ3n) is 6.89. The monoisotopic (exact) mass is 478 g/mol. The number of hydrogen-bond acceptors (Lipinski definition) is 4. The van der Waals surface area contributed by atoms with Crippen molar-refractivity contribution in [2.45, 2.75) is 0 Å². The van der Waals surface area contributed by atoms with Crippen LogP contribution in [0.15, 0.2) is 114 Å². The molecule has 3 nitrogen and oxygen atoms in total. The Morgan fingerprint density at radius 3 is 2.03 bits per heavy atom. The van der Waals surface area contributed by atoms with E-state index in [4.69, 9.17) is 9.40 Å². The van der Waals surface area contributed by atoms with Gasteiger partial charge < -0.3 is 4.42 Å². The van der Waals surface area contributed by atoms with Crippen molar-refractivity contribution in [3.05, 3.63) is 109 Å². The van der Waals surface area contributed by atoms with Crippen LogP contribution >= 0.6 is 11.3 Å². The summed E-state index contributed by atoms with van der Waals surface area (Å²) < 4.78 is 8.69. The molecule has 3 aromatic heterocycles. The number of hydrogen-bond donors (Lipinski definition) is 0. The van der Waals surface area contributed by atoms with E-state index in [1.807, 2.05) is 41.7 Å². The first-order chi connectivity index (χ1) is 17.8. The van der Waals surface area contributed by atoms with E-state index in [1.165, 1.54) is 31.3 Å². The van der Waals surface area contributed by atoms with E-state index < -0.39 is 0 Å². The Morgan fingerprint density at radius 1 is 0.500 bits per heavy atom. The molecule has 36 heavy (non-hydrogen) atoms. The molecule has 168 valence electrons. The molecule has 0 radical (unpaired) electrons. The second kappa shape index (κ2) is 7.48. The lowest BCUT2D eigenvalue weighted by Gasteiger charge is -2.07. The largest absolute Gasteiger partial charge is 0.436 e. The SMILES string of the molecule is c1cc(-c2ccc3sc4ccccc4c3c2)cc(-c2ccc3oc4nc5ccccc5nc4c3c2)c1. The second-order valence-electron chi connectivity index (χ2n) is 9.07. The van der Waals surface area contributed by atoms with E-state index >= 15 is 0 Å². The van der Waals surface area contributed by atoms with Gasteiger partial charge in [-0.15, -0.1) is 11.3 Å². The number of benzene rings is 5. The number of rotatable bonds is 2. The fourth-order valence-electron chi connectivity index (χ4n) is 5.10. The average Bonchev–Trinajstić information content (AvgIpc) is 3.48. The topological polar surface area (TPSA) is 38.9 Å². The van der Waals surface area contributed by atoms with Crippen molar-refractivity contribution in [1.82, 2.24) is 9.97 Å². The first kappa shape index (κ1) is 19.7. The van der Waals surface area contributed by atoms with E-state index in [-0.39, 0.29) is 0 Å². The van der Waals surface area contributed by atoms with Crippen LogP contribution in [0.2, 0.25) is 0 Å². The van der Waals surface area contributed by atoms with Gasteiger partial charge in [-0.05, 0) is 70.8 Å². The average molecular weight is 479 g/mol.